The Hall–Kier alpha value is -1.59. The number of nitrogens with zero attached hydrogens (tertiary/aromatic N) is 1. The fraction of sp³-hybridized carbons (Fsp3) is 0.250. The Morgan fingerprint density at radius 2 is 2.28 bits per heavy atom. The summed E-state index contributed by atoms with van der Waals surface area (Å²) in [6.45, 7) is 0.446. The lowest BCUT2D eigenvalue weighted by molar-refractivity contribution is 0.200. The van der Waals surface area contributed by atoms with E-state index in [0.717, 1.165) is 0 Å². The van der Waals surface area contributed by atoms with E-state index < -0.39 is 5.82 Å². The molecule has 4 nitrogen and oxygen atoms in total. The zero-order valence-electron chi connectivity index (χ0n) is 9.74. The van der Waals surface area contributed by atoms with Gasteiger partial charge in [-0.2, -0.15) is 0 Å². The first-order chi connectivity index (χ1) is 8.65. The van der Waals surface area contributed by atoms with Crippen LogP contribution in [0.1, 0.15) is 5.69 Å². The second-order valence-corrected chi connectivity index (χ2v) is 4.12. The number of anilines is 1. The monoisotopic (exact) mass is 270 g/mol. The predicted octanol–water partition coefficient (Wildman–Crippen LogP) is 2.91. The van der Waals surface area contributed by atoms with Crippen molar-refractivity contribution in [3.05, 3.63) is 34.7 Å². The highest BCUT2D eigenvalue weighted by Crippen LogP contribution is 2.34. The van der Waals surface area contributed by atoms with Crippen LogP contribution in [0.3, 0.4) is 0 Å². The number of methoxy groups -OCH3 is 1. The molecule has 0 atom stereocenters. The van der Waals surface area contributed by atoms with Crippen molar-refractivity contribution < 1.29 is 13.7 Å². The second-order valence-electron chi connectivity index (χ2n) is 3.71. The van der Waals surface area contributed by atoms with E-state index in [0.29, 0.717) is 24.3 Å². The van der Waals surface area contributed by atoms with Crippen LogP contribution in [-0.2, 0) is 11.2 Å². The summed E-state index contributed by atoms with van der Waals surface area (Å²) >= 11 is 5.75. The first-order valence-electron chi connectivity index (χ1n) is 5.32. The van der Waals surface area contributed by atoms with E-state index in [1.165, 1.54) is 6.07 Å². The van der Waals surface area contributed by atoms with Crippen molar-refractivity contribution >= 4 is 17.5 Å². The molecule has 6 heteroatoms. The second kappa shape index (κ2) is 5.37. The lowest BCUT2D eigenvalue weighted by atomic mass is 10.0. The van der Waals surface area contributed by atoms with Crippen LogP contribution in [-0.4, -0.2) is 18.9 Å². The average Bonchev–Trinajstić information content (AvgIpc) is 2.72. The van der Waals surface area contributed by atoms with Gasteiger partial charge in [0.1, 0.15) is 5.82 Å². The molecule has 0 aliphatic carbocycles. The quantitative estimate of drug-likeness (QED) is 0.928. The molecular weight excluding hydrogens is 259 g/mol. The van der Waals surface area contributed by atoms with E-state index in [9.17, 15) is 4.39 Å². The minimum Gasteiger partial charge on any atom is -0.384 e. The van der Waals surface area contributed by atoms with Crippen molar-refractivity contribution in [2.45, 2.75) is 6.42 Å². The zero-order chi connectivity index (χ0) is 13.1. The number of halogens is 2. The largest absolute Gasteiger partial charge is 0.384 e. The SMILES string of the molecule is COCCc1noc(N)c1-c1cccc(Cl)c1F. The van der Waals surface area contributed by atoms with Gasteiger partial charge in [-0.1, -0.05) is 28.9 Å². The molecule has 18 heavy (non-hydrogen) atoms. The molecule has 0 aliphatic heterocycles. The molecule has 0 saturated carbocycles. The fourth-order valence-corrected chi connectivity index (χ4v) is 1.87. The molecule has 0 amide bonds. The Morgan fingerprint density at radius 1 is 1.50 bits per heavy atom. The van der Waals surface area contributed by atoms with Gasteiger partial charge >= 0.3 is 0 Å². The third-order valence-corrected chi connectivity index (χ3v) is 2.84. The first-order valence-corrected chi connectivity index (χ1v) is 5.70. The van der Waals surface area contributed by atoms with E-state index in [1.807, 2.05) is 0 Å². The first kappa shape index (κ1) is 12.9. The molecule has 0 bridgehead atoms. The summed E-state index contributed by atoms with van der Waals surface area (Å²) in [5.41, 5.74) is 6.96. The van der Waals surface area contributed by atoms with Crippen LogP contribution in [0, 0.1) is 5.82 Å². The van der Waals surface area contributed by atoms with E-state index in [1.54, 1.807) is 19.2 Å². The maximum atomic E-state index is 14.0. The van der Waals surface area contributed by atoms with Crippen molar-refractivity contribution in [1.29, 1.82) is 0 Å². The van der Waals surface area contributed by atoms with Crippen LogP contribution in [0.25, 0.3) is 11.1 Å². The topological polar surface area (TPSA) is 61.3 Å². The Bertz CT molecular complexity index is 557. The number of nitrogen functional groups attached to an aromatic ring is 1. The third-order valence-electron chi connectivity index (χ3n) is 2.55. The highest BCUT2D eigenvalue weighted by Gasteiger charge is 2.19. The number of hydrogen-bond donors (Lipinski definition) is 1. The molecular formula is C12H12ClFN2O2. The van der Waals surface area contributed by atoms with Gasteiger partial charge in [-0.25, -0.2) is 4.39 Å². The summed E-state index contributed by atoms with van der Waals surface area (Å²) in [5, 5.41) is 3.84. The Morgan fingerprint density at radius 3 is 3.00 bits per heavy atom. The van der Waals surface area contributed by atoms with Crippen molar-refractivity contribution in [2.24, 2.45) is 0 Å². The van der Waals surface area contributed by atoms with Crippen LogP contribution in [0.15, 0.2) is 22.7 Å². The van der Waals surface area contributed by atoms with Gasteiger partial charge < -0.3 is 15.0 Å². The standard InChI is InChI=1S/C12H12ClFN2O2/c1-17-6-5-9-10(12(15)18-16-9)7-3-2-4-8(13)11(7)14/h2-4H,5-6,15H2,1H3. The average molecular weight is 271 g/mol. The Balaban J connectivity index is 2.49. The number of hydrogen-bond acceptors (Lipinski definition) is 4. The van der Waals surface area contributed by atoms with Gasteiger partial charge in [-0.3, -0.25) is 0 Å². The Kier molecular flexibility index (Phi) is 3.84. The number of ether oxygens (including phenoxy) is 1. The van der Waals surface area contributed by atoms with Crippen LogP contribution in [0.4, 0.5) is 10.3 Å². The van der Waals surface area contributed by atoms with Crippen molar-refractivity contribution in [1.82, 2.24) is 5.16 Å². The maximum absolute atomic E-state index is 14.0. The van der Waals surface area contributed by atoms with Crippen molar-refractivity contribution in [2.75, 3.05) is 19.5 Å². The molecule has 2 N–H and O–H groups in total. The summed E-state index contributed by atoms with van der Waals surface area (Å²) < 4.78 is 23.8. The summed E-state index contributed by atoms with van der Waals surface area (Å²) in [5.74, 6) is -0.463. The van der Waals surface area contributed by atoms with Crippen LogP contribution in [0.2, 0.25) is 5.02 Å². The summed E-state index contributed by atoms with van der Waals surface area (Å²) in [6, 6.07) is 4.70. The molecule has 2 aromatic rings. The van der Waals surface area contributed by atoms with Crippen LogP contribution in [0.5, 0.6) is 0 Å². The fourth-order valence-electron chi connectivity index (χ4n) is 1.69. The van der Waals surface area contributed by atoms with E-state index >= 15 is 0 Å². The molecule has 0 aliphatic rings. The molecule has 2 rings (SSSR count). The van der Waals surface area contributed by atoms with Crippen LogP contribution >= 0.6 is 11.6 Å². The Labute approximate surface area is 108 Å². The number of rotatable bonds is 4. The summed E-state index contributed by atoms with van der Waals surface area (Å²) in [7, 11) is 1.57. The molecule has 1 aromatic heterocycles. The normalized spacial score (nSPS) is 10.8. The maximum Gasteiger partial charge on any atom is 0.230 e. The van der Waals surface area contributed by atoms with Crippen molar-refractivity contribution in [3.8, 4) is 11.1 Å². The van der Waals surface area contributed by atoms with E-state index in [4.69, 9.17) is 26.6 Å². The molecule has 1 aromatic carbocycles. The number of benzene rings is 1. The lowest BCUT2D eigenvalue weighted by Crippen LogP contribution is -1.98. The smallest absolute Gasteiger partial charge is 0.230 e. The summed E-state index contributed by atoms with van der Waals surface area (Å²) in [4.78, 5) is 0. The third kappa shape index (κ3) is 2.32. The molecule has 0 fully saturated rings. The molecule has 1 heterocycles. The van der Waals surface area contributed by atoms with Gasteiger partial charge in [0.25, 0.3) is 0 Å². The molecule has 0 spiro atoms. The van der Waals surface area contributed by atoms with Gasteiger partial charge in [-0.05, 0) is 6.07 Å². The van der Waals surface area contributed by atoms with Gasteiger partial charge in [0.05, 0.1) is 22.9 Å². The molecule has 0 saturated heterocycles. The molecule has 96 valence electrons. The minimum atomic E-state index is -0.535. The van der Waals surface area contributed by atoms with Crippen molar-refractivity contribution in [3.63, 3.8) is 0 Å². The number of aromatic nitrogens is 1. The highest BCUT2D eigenvalue weighted by molar-refractivity contribution is 6.31. The molecule has 0 unspecified atom stereocenters. The van der Waals surface area contributed by atoms with Gasteiger partial charge in [0, 0.05) is 19.1 Å². The lowest BCUT2D eigenvalue weighted by Gasteiger charge is -2.05. The van der Waals surface area contributed by atoms with E-state index in [2.05, 4.69) is 5.16 Å². The predicted molar refractivity (Wildman–Crippen MR) is 66.9 cm³/mol. The van der Waals surface area contributed by atoms with Gasteiger partial charge in [0.15, 0.2) is 0 Å². The van der Waals surface area contributed by atoms with E-state index in [-0.39, 0.29) is 16.5 Å². The van der Waals surface area contributed by atoms with Gasteiger partial charge in [0.2, 0.25) is 5.88 Å². The molecule has 0 radical (unpaired) electrons. The highest BCUT2D eigenvalue weighted by atomic mass is 35.5. The summed E-state index contributed by atoms with van der Waals surface area (Å²) in [6.07, 6.45) is 0.485. The van der Waals surface area contributed by atoms with Gasteiger partial charge in [-0.15, -0.1) is 0 Å². The minimum absolute atomic E-state index is 0.0331. The van der Waals surface area contributed by atoms with Crippen LogP contribution < -0.4 is 5.73 Å². The number of nitrogens with two attached hydrogens (primary N) is 1. The zero-order valence-corrected chi connectivity index (χ0v) is 10.5.